The van der Waals surface area contributed by atoms with E-state index in [1.807, 2.05) is 6.07 Å². The number of imide groups is 1. The van der Waals surface area contributed by atoms with E-state index in [2.05, 4.69) is 22.5 Å². The van der Waals surface area contributed by atoms with E-state index in [1.54, 1.807) is 6.07 Å². The van der Waals surface area contributed by atoms with Crippen LogP contribution in [0.25, 0.3) is 0 Å². The van der Waals surface area contributed by atoms with E-state index in [9.17, 15) is 27.2 Å². The summed E-state index contributed by atoms with van der Waals surface area (Å²) >= 11 is 0. The molecule has 3 N–H and O–H groups in total. The highest BCUT2D eigenvalue weighted by Gasteiger charge is 2.38. The Kier molecular flexibility index (Phi) is 7.01. The number of amides is 3. The average Bonchev–Trinajstić information content (AvgIpc) is 2.62. The van der Waals surface area contributed by atoms with Gasteiger partial charge in [-0.05, 0) is 25.1 Å². The molecule has 2 aliphatic rings. The Hall–Kier alpha value is -2.89. The van der Waals surface area contributed by atoms with Crippen LogP contribution in [0.4, 0.5) is 33.7 Å². The molecule has 1 aromatic rings. The number of carboxylic acids is 1. The number of halogens is 4. The van der Waals surface area contributed by atoms with Crippen LogP contribution in [0.2, 0.25) is 0 Å². The number of carboxylic acid groups (broad SMARTS) is 1. The van der Waals surface area contributed by atoms with Gasteiger partial charge >= 0.3 is 18.2 Å². The highest BCUT2D eigenvalue weighted by molar-refractivity contribution is 6.05. The first-order chi connectivity index (χ1) is 13.5. The summed E-state index contributed by atoms with van der Waals surface area (Å²) in [4.78, 5) is 35.3. The maximum absolute atomic E-state index is 14.4. The van der Waals surface area contributed by atoms with Crippen LogP contribution in [0.1, 0.15) is 13.3 Å². The van der Waals surface area contributed by atoms with Crippen molar-refractivity contribution in [2.75, 3.05) is 36.0 Å². The van der Waals surface area contributed by atoms with E-state index in [4.69, 9.17) is 9.90 Å². The Bertz CT molecular complexity index is 787. The van der Waals surface area contributed by atoms with Gasteiger partial charge in [-0.1, -0.05) is 0 Å². The first-order valence-electron chi connectivity index (χ1n) is 8.69. The lowest BCUT2D eigenvalue weighted by molar-refractivity contribution is -0.192. The molecule has 0 aromatic heterocycles. The van der Waals surface area contributed by atoms with Crippen molar-refractivity contribution >= 4 is 29.3 Å². The number of hydrogen-bond acceptors (Lipinski definition) is 5. The quantitative estimate of drug-likeness (QED) is 0.630. The van der Waals surface area contributed by atoms with Crippen molar-refractivity contribution in [1.29, 1.82) is 0 Å². The number of carbonyl (C=O) groups is 3. The Morgan fingerprint density at radius 1 is 1.24 bits per heavy atom. The molecule has 0 radical (unpaired) electrons. The second-order valence-electron chi connectivity index (χ2n) is 6.44. The van der Waals surface area contributed by atoms with Crippen LogP contribution in [0.3, 0.4) is 0 Å². The molecule has 0 spiro atoms. The monoisotopic (exact) mass is 420 g/mol. The molecule has 0 bridgehead atoms. The number of nitrogens with one attached hydrogen (secondary N) is 2. The van der Waals surface area contributed by atoms with Crippen LogP contribution in [-0.2, 0) is 9.59 Å². The van der Waals surface area contributed by atoms with Gasteiger partial charge in [0.05, 0.1) is 5.69 Å². The molecule has 2 saturated heterocycles. The number of carbonyl (C=O) groups excluding carboxylic acids is 2. The SMILES string of the molecule is C[C@@H]1CNCCN1c1ccc(N2CCC(=O)NC2=O)c(F)c1.O=C(O)C(F)(F)F. The first kappa shape index (κ1) is 22.4. The minimum Gasteiger partial charge on any atom is -0.475 e. The molecule has 8 nitrogen and oxygen atoms in total. The maximum atomic E-state index is 14.4. The number of rotatable bonds is 2. The summed E-state index contributed by atoms with van der Waals surface area (Å²) in [7, 11) is 0. The third-order valence-electron chi connectivity index (χ3n) is 4.35. The minimum absolute atomic E-state index is 0.182. The zero-order chi connectivity index (χ0) is 21.8. The number of anilines is 2. The molecule has 2 aliphatic heterocycles. The number of benzene rings is 1. The first-order valence-corrected chi connectivity index (χ1v) is 8.69. The van der Waals surface area contributed by atoms with E-state index >= 15 is 0 Å². The molecule has 160 valence electrons. The molecule has 12 heteroatoms. The second kappa shape index (κ2) is 9.07. The topological polar surface area (TPSA) is 102 Å². The van der Waals surface area contributed by atoms with Crippen molar-refractivity contribution in [3.8, 4) is 0 Å². The van der Waals surface area contributed by atoms with Gasteiger partial charge in [0.1, 0.15) is 5.82 Å². The van der Waals surface area contributed by atoms with Crippen LogP contribution in [0, 0.1) is 5.82 Å². The molecule has 0 saturated carbocycles. The lowest BCUT2D eigenvalue weighted by Crippen LogP contribution is -2.50. The Morgan fingerprint density at radius 2 is 1.90 bits per heavy atom. The average molecular weight is 420 g/mol. The standard InChI is InChI=1S/C15H19FN4O2.C2HF3O2/c1-10-9-17-5-7-19(10)11-2-3-13(12(16)8-11)20-6-4-14(21)18-15(20)22;3-2(4,5)1(6)7/h2-3,8,10,17H,4-7,9H2,1H3,(H,18,21,22);(H,6,7)/t10-;/m1./s1. The number of alkyl halides is 3. The van der Waals surface area contributed by atoms with Gasteiger partial charge in [0.2, 0.25) is 5.91 Å². The highest BCUT2D eigenvalue weighted by Crippen LogP contribution is 2.27. The summed E-state index contributed by atoms with van der Waals surface area (Å²) in [6, 6.07) is 4.60. The molecule has 3 rings (SSSR count). The Morgan fingerprint density at radius 3 is 2.41 bits per heavy atom. The van der Waals surface area contributed by atoms with Crippen LogP contribution in [0.15, 0.2) is 18.2 Å². The van der Waals surface area contributed by atoms with Crippen molar-refractivity contribution in [3.05, 3.63) is 24.0 Å². The molecular weight excluding hydrogens is 400 g/mol. The molecule has 0 aliphatic carbocycles. The summed E-state index contributed by atoms with van der Waals surface area (Å²) in [5.41, 5.74) is 1.01. The van der Waals surface area contributed by atoms with Crippen LogP contribution < -0.4 is 20.4 Å². The van der Waals surface area contributed by atoms with Gasteiger partial charge in [-0.2, -0.15) is 13.2 Å². The predicted octanol–water partition coefficient (Wildman–Crippen LogP) is 1.70. The van der Waals surface area contributed by atoms with Gasteiger partial charge in [0.15, 0.2) is 0 Å². The number of aliphatic carboxylic acids is 1. The van der Waals surface area contributed by atoms with Gasteiger partial charge < -0.3 is 15.3 Å². The third-order valence-corrected chi connectivity index (χ3v) is 4.35. The predicted molar refractivity (Wildman–Crippen MR) is 95.3 cm³/mol. The number of piperazine rings is 1. The third kappa shape index (κ3) is 5.79. The summed E-state index contributed by atoms with van der Waals surface area (Å²) < 4.78 is 46.2. The lowest BCUT2D eigenvalue weighted by atomic mass is 10.1. The van der Waals surface area contributed by atoms with Crippen molar-refractivity contribution in [2.24, 2.45) is 0 Å². The van der Waals surface area contributed by atoms with Crippen molar-refractivity contribution < 1.29 is 37.1 Å². The van der Waals surface area contributed by atoms with Crippen LogP contribution in [-0.4, -0.2) is 61.4 Å². The molecule has 29 heavy (non-hydrogen) atoms. The number of urea groups is 1. The molecule has 2 heterocycles. The van der Waals surface area contributed by atoms with Crippen molar-refractivity contribution in [1.82, 2.24) is 10.6 Å². The fourth-order valence-electron chi connectivity index (χ4n) is 2.91. The smallest absolute Gasteiger partial charge is 0.475 e. The van der Waals surface area contributed by atoms with E-state index in [-0.39, 0.29) is 30.6 Å². The zero-order valence-electron chi connectivity index (χ0n) is 15.4. The van der Waals surface area contributed by atoms with E-state index in [0.29, 0.717) is 0 Å². The molecule has 1 atom stereocenters. The summed E-state index contributed by atoms with van der Waals surface area (Å²) in [6.07, 6.45) is -4.90. The summed E-state index contributed by atoms with van der Waals surface area (Å²) in [6.45, 7) is 4.83. The van der Waals surface area contributed by atoms with Gasteiger partial charge in [0.25, 0.3) is 0 Å². The molecule has 3 amide bonds. The highest BCUT2D eigenvalue weighted by atomic mass is 19.4. The summed E-state index contributed by atoms with van der Waals surface area (Å²) in [5.74, 6) is -3.53. The van der Waals surface area contributed by atoms with E-state index < -0.39 is 24.0 Å². The molecule has 2 fully saturated rings. The fourth-order valence-corrected chi connectivity index (χ4v) is 2.91. The maximum Gasteiger partial charge on any atom is 0.490 e. The van der Waals surface area contributed by atoms with Gasteiger partial charge in [0, 0.05) is 44.3 Å². The van der Waals surface area contributed by atoms with Gasteiger partial charge in [-0.15, -0.1) is 0 Å². The minimum atomic E-state index is -5.08. The molecular formula is C17H20F4N4O4. The summed E-state index contributed by atoms with van der Waals surface area (Å²) in [5, 5.41) is 12.6. The number of nitrogens with zero attached hydrogens (tertiary/aromatic N) is 2. The van der Waals surface area contributed by atoms with Gasteiger partial charge in [-0.25, -0.2) is 14.0 Å². The van der Waals surface area contributed by atoms with Crippen molar-refractivity contribution in [3.63, 3.8) is 0 Å². The second-order valence-corrected chi connectivity index (χ2v) is 6.44. The Balaban J connectivity index is 0.000000370. The molecule has 0 unspecified atom stereocenters. The lowest BCUT2D eigenvalue weighted by Gasteiger charge is -2.36. The largest absolute Gasteiger partial charge is 0.490 e. The van der Waals surface area contributed by atoms with Crippen LogP contribution >= 0.6 is 0 Å². The van der Waals surface area contributed by atoms with Crippen LogP contribution in [0.5, 0.6) is 0 Å². The Labute approximate surface area is 163 Å². The number of hydrogen-bond donors (Lipinski definition) is 3. The normalized spacial score (nSPS) is 20.0. The fraction of sp³-hybridized carbons (Fsp3) is 0.471. The van der Waals surface area contributed by atoms with E-state index in [0.717, 1.165) is 25.3 Å². The zero-order valence-corrected chi connectivity index (χ0v) is 15.4. The van der Waals surface area contributed by atoms with E-state index in [1.165, 1.54) is 11.0 Å². The molecule has 1 aromatic carbocycles. The van der Waals surface area contributed by atoms with Crippen molar-refractivity contribution in [2.45, 2.75) is 25.6 Å². The van der Waals surface area contributed by atoms with Gasteiger partial charge in [-0.3, -0.25) is 15.0 Å².